The number of methoxy groups -OCH3 is 1. The van der Waals surface area contributed by atoms with Gasteiger partial charge < -0.3 is 34.3 Å². The van der Waals surface area contributed by atoms with Crippen LogP contribution in [0.25, 0.3) is 0 Å². The first-order valence-electron chi connectivity index (χ1n) is 13.9. The molecular weight excluding hydrogens is 643 g/mol. The number of amides is 2. The van der Waals surface area contributed by atoms with E-state index in [-0.39, 0.29) is 32.0 Å². The summed E-state index contributed by atoms with van der Waals surface area (Å²) >= 11 is 2.02. The van der Waals surface area contributed by atoms with Gasteiger partial charge in [0, 0.05) is 42.6 Å². The topological polar surface area (TPSA) is 139 Å². The Balaban J connectivity index is 1.66. The minimum absolute atomic E-state index is 0.0624. The van der Waals surface area contributed by atoms with Gasteiger partial charge in [0.05, 0.1) is 35.9 Å². The maximum atomic E-state index is 13.7. The van der Waals surface area contributed by atoms with Crippen LogP contribution in [0.5, 0.6) is 11.5 Å². The van der Waals surface area contributed by atoms with Crippen molar-refractivity contribution in [3.05, 3.63) is 57.1 Å². The quantitative estimate of drug-likeness (QED) is 0.216. The number of furan rings is 1. The van der Waals surface area contributed by atoms with Gasteiger partial charge in [-0.25, -0.2) is 0 Å². The predicted octanol–water partition coefficient (Wildman–Crippen LogP) is 3.62. The summed E-state index contributed by atoms with van der Waals surface area (Å²) in [5, 5.41) is 23.6. The van der Waals surface area contributed by atoms with E-state index < -0.39 is 24.2 Å². The Labute approximate surface area is 253 Å². The number of halogens is 1. The molecule has 2 aliphatic carbocycles. The molecule has 1 heterocycles. The van der Waals surface area contributed by atoms with Crippen LogP contribution in [-0.2, 0) is 16.1 Å². The van der Waals surface area contributed by atoms with Gasteiger partial charge in [0.1, 0.15) is 18.5 Å². The molecule has 1 fully saturated rings. The van der Waals surface area contributed by atoms with Gasteiger partial charge in [0.25, 0.3) is 0 Å². The largest absolute Gasteiger partial charge is 0.493 e. The van der Waals surface area contributed by atoms with Crippen molar-refractivity contribution in [2.45, 2.75) is 69.7 Å². The van der Waals surface area contributed by atoms with Crippen LogP contribution < -0.4 is 14.8 Å². The Bertz CT molecular complexity index is 1230. The minimum Gasteiger partial charge on any atom is -0.493 e. The van der Waals surface area contributed by atoms with Crippen molar-refractivity contribution in [2.75, 3.05) is 20.3 Å². The number of hydrogen-bond acceptors (Lipinski definition) is 8. The summed E-state index contributed by atoms with van der Waals surface area (Å²) in [7, 11) is 1.45. The number of nitrogens with zero attached hydrogens (tertiary/aromatic N) is 1. The second-order valence-corrected chi connectivity index (χ2v) is 11.7. The molecular formula is C30H37IN2O8. The number of ether oxygens (including phenoxy) is 2. The lowest BCUT2D eigenvalue weighted by Crippen LogP contribution is -2.54. The summed E-state index contributed by atoms with van der Waals surface area (Å²) in [6.07, 6.45) is 8.99. The molecule has 0 radical (unpaired) electrons. The number of rotatable bonds is 13. The highest BCUT2D eigenvalue weighted by Gasteiger charge is 2.41. The van der Waals surface area contributed by atoms with Gasteiger partial charge >= 0.3 is 0 Å². The summed E-state index contributed by atoms with van der Waals surface area (Å²) in [4.78, 5) is 39.8. The first kappa shape index (κ1) is 31.0. The molecule has 0 saturated heterocycles. The fourth-order valence-corrected chi connectivity index (χ4v) is 6.33. The van der Waals surface area contributed by atoms with Gasteiger partial charge in [-0.2, -0.15) is 0 Å². The molecule has 1 aromatic carbocycles. The van der Waals surface area contributed by atoms with Gasteiger partial charge in [-0.3, -0.25) is 14.4 Å². The lowest BCUT2D eigenvalue weighted by Gasteiger charge is -2.40. The van der Waals surface area contributed by atoms with Crippen LogP contribution in [0.3, 0.4) is 0 Å². The van der Waals surface area contributed by atoms with Crippen LogP contribution in [0.15, 0.2) is 46.8 Å². The SMILES string of the molecule is COc1cc(C=O)cc(I)c1OC1C=C(C(=O)NCCO)CC(N(Cc2ccoc2)C(=O)CCC2CCCC2)C1O. The average Bonchev–Trinajstić information content (AvgIpc) is 3.70. The van der Waals surface area contributed by atoms with E-state index in [1.807, 2.05) is 22.6 Å². The number of aliphatic hydroxyl groups is 2. The zero-order valence-corrected chi connectivity index (χ0v) is 25.2. The van der Waals surface area contributed by atoms with Crippen molar-refractivity contribution >= 4 is 40.7 Å². The fraction of sp³-hybridized carbons (Fsp3) is 0.500. The Hall–Kier alpha value is -2.90. The minimum atomic E-state index is -1.18. The number of carbonyl (C=O) groups is 3. The molecule has 0 aliphatic heterocycles. The van der Waals surface area contributed by atoms with Crippen molar-refractivity contribution in [3.8, 4) is 11.5 Å². The van der Waals surface area contributed by atoms with Crippen LogP contribution in [0.2, 0.25) is 0 Å². The maximum absolute atomic E-state index is 13.7. The van der Waals surface area contributed by atoms with E-state index in [1.54, 1.807) is 29.4 Å². The Morgan fingerprint density at radius 2 is 2.05 bits per heavy atom. The second-order valence-electron chi connectivity index (χ2n) is 10.5. The summed E-state index contributed by atoms with van der Waals surface area (Å²) in [6.45, 7) is 0.0392. The number of nitrogens with one attached hydrogen (secondary N) is 1. The lowest BCUT2D eigenvalue weighted by atomic mass is 9.87. The number of hydrogen-bond donors (Lipinski definition) is 3. The van der Waals surface area contributed by atoms with E-state index in [1.165, 1.54) is 32.3 Å². The molecule has 3 unspecified atom stereocenters. The molecule has 2 amide bonds. The second kappa shape index (κ2) is 14.8. The number of aldehydes is 1. The van der Waals surface area contributed by atoms with Crippen molar-refractivity contribution in [2.24, 2.45) is 5.92 Å². The van der Waals surface area contributed by atoms with Crippen molar-refractivity contribution in [3.63, 3.8) is 0 Å². The summed E-state index contributed by atoms with van der Waals surface area (Å²) in [5.41, 5.74) is 1.50. The molecule has 1 aromatic heterocycles. The molecule has 1 saturated carbocycles. The highest BCUT2D eigenvalue weighted by atomic mass is 127. The highest BCUT2D eigenvalue weighted by molar-refractivity contribution is 14.1. The fourth-order valence-electron chi connectivity index (χ4n) is 5.58. The summed E-state index contributed by atoms with van der Waals surface area (Å²) in [6, 6.07) is 4.17. The Morgan fingerprint density at radius 3 is 2.71 bits per heavy atom. The summed E-state index contributed by atoms with van der Waals surface area (Å²) < 4.78 is 17.6. The number of aliphatic hydroxyl groups excluding tert-OH is 2. The molecule has 0 spiro atoms. The van der Waals surface area contributed by atoms with E-state index in [0.717, 1.165) is 24.8 Å². The molecule has 10 nitrogen and oxygen atoms in total. The molecule has 3 atom stereocenters. The van der Waals surface area contributed by atoms with Gasteiger partial charge in [-0.15, -0.1) is 0 Å². The van der Waals surface area contributed by atoms with Gasteiger partial charge in [-0.1, -0.05) is 25.7 Å². The van der Waals surface area contributed by atoms with Crippen molar-refractivity contribution in [1.82, 2.24) is 10.2 Å². The third-order valence-electron chi connectivity index (χ3n) is 7.75. The van der Waals surface area contributed by atoms with E-state index in [0.29, 0.717) is 44.8 Å². The standard InChI is InChI=1S/C30H37IN2O8/c1-39-26-13-21(17-35)12-23(31)29(26)41-25-15-22(30(38)32-9-10-34)14-24(28(25)37)33(16-20-8-11-40-18-20)27(36)7-6-19-4-2-3-5-19/h8,11-13,15,17-19,24-25,28,34,37H,2-7,9-10,14,16H2,1H3,(H,32,38). The van der Waals surface area contributed by atoms with Crippen LogP contribution in [-0.4, -0.2) is 71.7 Å². The molecule has 4 rings (SSSR count). The van der Waals surface area contributed by atoms with E-state index >= 15 is 0 Å². The van der Waals surface area contributed by atoms with E-state index in [2.05, 4.69) is 5.32 Å². The maximum Gasteiger partial charge on any atom is 0.247 e. The zero-order valence-electron chi connectivity index (χ0n) is 23.1. The average molecular weight is 681 g/mol. The highest BCUT2D eigenvalue weighted by Crippen LogP contribution is 2.37. The van der Waals surface area contributed by atoms with Gasteiger partial charge in [-0.05, 0) is 59.2 Å². The summed E-state index contributed by atoms with van der Waals surface area (Å²) in [5.74, 6) is 0.606. The van der Waals surface area contributed by atoms with Crippen LogP contribution in [0.1, 0.15) is 60.9 Å². The molecule has 2 aromatic rings. The zero-order chi connectivity index (χ0) is 29.4. The number of benzene rings is 1. The first-order chi connectivity index (χ1) is 19.8. The van der Waals surface area contributed by atoms with Crippen LogP contribution >= 0.6 is 22.6 Å². The molecule has 41 heavy (non-hydrogen) atoms. The number of carbonyl (C=O) groups excluding carboxylic acids is 3. The first-order valence-corrected chi connectivity index (χ1v) is 15.0. The molecule has 222 valence electrons. The van der Waals surface area contributed by atoms with E-state index in [4.69, 9.17) is 13.9 Å². The molecule has 2 aliphatic rings. The molecule has 11 heteroatoms. The Kier molecular flexibility index (Phi) is 11.2. The third-order valence-corrected chi connectivity index (χ3v) is 8.55. The lowest BCUT2D eigenvalue weighted by molar-refractivity contribution is -0.139. The van der Waals surface area contributed by atoms with Gasteiger partial charge in [0.15, 0.2) is 11.5 Å². The van der Waals surface area contributed by atoms with Gasteiger partial charge in [0.2, 0.25) is 11.8 Å². The molecule has 0 bridgehead atoms. The molecule has 3 N–H and O–H groups in total. The van der Waals surface area contributed by atoms with Crippen molar-refractivity contribution < 1.29 is 38.5 Å². The van der Waals surface area contributed by atoms with Crippen molar-refractivity contribution in [1.29, 1.82) is 0 Å². The van der Waals surface area contributed by atoms with Crippen LogP contribution in [0.4, 0.5) is 0 Å². The normalized spacial score (nSPS) is 20.8. The predicted molar refractivity (Wildman–Crippen MR) is 159 cm³/mol. The monoisotopic (exact) mass is 680 g/mol. The third kappa shape index (κ3) is 7.89. The Morgan fingerprint density at radius 1 is 1.27 bits per heavy atom. The smallest absolute Gasteiger partial charge is 0.247 e. The van der Waals surface area contributed by atoms with E-state index in [9.17, 15) is 24.6 Å². The van der Waals surface area contributed by atoms with Crippen LogP contribution in [0, 0.1) is 9.49 Å².